The largest absolute Gasteiger partial charge is 0.491 e. The predicted molar refractivity (Wildman–Crippen MR) is 146 cm³/mol. The Morgan fingerprint density at radius 3 is 2.61 bits per heavy atom. The van der Waals surface area contributed by atoms with Gasteiger partial charge in [0.15, 0.2) is 5.58 Å². The van der Waals surface area contributed by atoms with Crippen molar-refractivity contribution < 1.29 is 24.2 Å². The minimum absolute atomic E-state index is 0.0504. The molecule has 1 aliphatic heterocycles. The molecule has 4 aromatic rings. The number of para-hydroxylation sites is 2. The maximum atomic E-state index is 12.8. The number of rotatable bonds is 8. The highest BCUT2D eigenvalue weighted by Crippen LogP contribution is 2.31. The number of likely N-dealkylation sites (tertiary alicyclic amines) is 1. The molecule has 3 aromatic carbocycles. The van der Waals surface area contributed by atoms with E-state index in [2.05, 4.69) is 27.8 Å². The van der Waals surface area contributed by atoms with Crippen LogP contribution in [0.5, 0.6) is 5.75 Å². The zero-order valence-corrected chi connectivity index (χ0v) is 21.4. The number of benzene rings is 3. The molecule has 1 saturated heterocycles. The van der Waals surface area contributed by atoms with Gasteiger partial charge in [0.05, 0.1) is 17.3 Å². The lowest BCUT2D eigenvalue weighted by Crippen LogP contribution is -2.40. The topological polar surface area (TPSA) is 120 Å². The average molecular weight is 537 g/mol. The van der Waals surface area contributed by atoms with Gasteiger partial charge in [0, 0.05) is 24.8 Å². The molecule has 1 aliphatic rings. The van der Waals surface area contributed by atoms with E-state index in [-0.39, 0.29) is 19.2 Å². The number of nitrogens with zero attached hydrogens (tertiary/aromatic N) is 2. The van der Waals surface area contributed by atoms with Crippen molar-refractivity contribution in [2.75, 3.05) is 36.9 Å². The fourth-order valence-corrected chi connectivity index (χ4v) is 4.65. The molecule has 38 heavy (non-hydrogen) atoms. The fraction of sp³-hybridized carbons (Fsp3) is 0.286. The molecule has 4 N–H and O–H groups in total. The molecule has 1 aromatic heterocycles. The Morgan fingerprint density at radius 1 is 1.13 bits per heavy atom. The molecule has 1 unspecified atom stereocenters. The van der Waals surface area contributed by atoms with Crippen molar-refractivity contribution >= 4 is 46.1 Å². The number of hydrogen-bond acceptors (Lipinski definition) is 7. The Hall–Kier alpha value is -3.79. The molecular formula is C28H29ClN4O5. The number of halogens is 1. The van der Waals surface area contributed by atoms with Crippen molar-refractivity contribution in [3.63, 3.8) is 0 Å². The van der Waals surface area contributed by atoms with Crippen molar-refractivity contribution in [2.45, 2.75) is 24.9 Å². The number of fused-ring (bicyclic) bond motifs is 1. The van der Waals surface area contributed by atoms with Gasteiger partial charge < -0.3 is 34.9 Å². The lowest BCUT2D eigenvalue weighted by Gasteiger charge is -2.32. The number of piperidine rings is 1. The van der Waals surface area contributed by atoms with Gasteiger partial charge in [-0.25, -0.2) is 4.79 Å². The highest BCUT2D eigenvalue weighted by Gasteiger charge is 2.24. The van der Waals surface area contributed by atoms with Crippen LogP contribution >= 0.6 is 11.6 Å². The number of aliphatic hydroxyl groups is 2. The molecule has 0 spiro atoms. The number of carbonyl (C=O) groups excluding carboxylic acids is 1. The smallest absolute Gasteiger partial charge is 0.321 e. The van der Waals surface area contributed by atoms with Gasteiger partial charge in [-0.2, -0.15) is 4.98 Å². The van der Waals surface area contributed by atoms with E-state index >= 15 is 0 Å². The van der Waals surface area contributed by atoms with Crippen LogP contribution in [0.4, 0.5) is 22.2 Å². The first-order chi connectivity index (χ1) is 18.5. The van der Waals surface area contributed by atoms with Crippen LogP contribution in [0.1, 0.15) is 24.3 Å². The molecule has 10 heteroatoms. The summed E-state index contributed by atoms with van der Waals surface area (Å²) < 4.78 is 11.1. The first-order valence-electron chi connectivity index (χ1n) is 12.5. The molecule has 0 bridgehead atoms. The molecular weight excluding hydrogens is 508 g/mol. The van der Waals surface area contributed by atoms with Gasteiger partial charge in [-0.3, -0.25) is 0 Å². The van der Waals surface area contributed by atoms with Crippen LogP contribution in [-0.2, 0) is 0 Å². The molecule has 2 amide bonds. The van der Waals surface area contributed by atoms with Gasteiger partial charge in [-0.15, -0.1) is 0 Å². The van der Waals surface area contributed by atoms with Crippen LogP contribution in [0.15, 0.2) is 71.1 Å². The number of carbonyl (C=O) groups is 1. The Balaban J connectivity index is 1.11. The Morgan fingerprint density at radius 2 is 1.89 bits per heavy atom. The van der Waals surface area contributed by atoms with Gasteiger partial charge in [0.2, 0.25) is 0 Å². The highest BCUT2D eigenvalue weighted by atomic mass is 35.5. The first-order valence-corrected chi connectivity index (χ1v) is 12.9. The molecule has 1 atom stereocenters. The molecule has 198 valence electrons. The average Bonchev–Trinajstić information content (AvgIpc) is 3.36. The second kappa shape index (κ2) is 11.7. The Kier molecular flexibility index (Phi) is 7.97. The van der Waals surface area contributed by atoms with E-state index in [0.29, 0.717) is 41.5 Å². The number of hydrogen-bond donors (Lipinski definition) is 4. The second-order valence-corrected chi connectivity index (χ2v) is 9.62. The summed E-state index contributed by atoms with van der Waals surface area (Å²) >= 11 is 6.31. The van der Waals surface area contributed by atoms with Crippen LogP contribution in [0.25, 0.3) is 11.1 Å². The van der Waals surface area contributed by atoms with Crippen molar-refractivity contribution in [1.29, 1.82) is 0 Å². The zero-order chi connectivity index (χ0) is 26.5. The second-order valence-electron chi connectivity index (χ2n) is 9.21. The Bertz CT molecular complexity index is 1350. The van der Waals surface area contributed by atoms with Gasteiger partial charge in [-0.1, -0.05) is 35.9 Å². The summed E-state index contributed by atoms with van der Waals surface area (Å²) in [6, 6.07) is 21.0. The third-order valence-electron chi connectivity index (χ3n) is 6.54. The quantitative estimate of drug-likeness (QED) is 0.239. The summed E-state index contributed by atoms with van der Waals surface area (Å²) in [5.41, 5.74) is 4.17. The van der Waals surface area contributed by atoms with Crippen molar-refractivity contribution in [3.05, 3.63) is 77.3 Å². The van der Waals surface area contributed by atoms with Crippen LogP contribution in [0.3, 0.4) is 0 Å². The molecule has 0 radical (unpaired) electrons. The lowest BCUT2D eigenvalue weighted by atomic mass is 9.89. The van der Waals surface area contributed by atoms with Crippen molar-refractivity contribution in [3.8, 4) is 5.75 Å². The summed E-state index contributed by atoms with van der Waals surface area (Å²) in [7, 11) is 0. The number of amides is 2. The minimum atomic E-state index is -0.967. The van der Waals surface area contributed by atoms with Crippen molar-refractivity contribution in [1.82, 2.24) is 9.88 Å². The summed E-state index contributed by atoms with van der Waals surface area (Å²) in [5, 5.41) is 24.7. The van der Waals surface area contributed by atoms with Crippen molar-refractivity contribution in [2.24, 2.45) is 0 Å². The predicted octanol–water partition coefficient (Wildman–Crippen LogP) is 5.37. The van der Waals surface area contributed by atoms with Crippen LogP contribution in [0, 0.1) is 0 Å². The van der Waals surface area contributed by atoms with Gasteiger partial charge in [0.1, 0.15) is 24.0 Å². The highest BCUT2D eigenvalue weighted by molar-refractivity contribution is 6.33. The number of oxazole rings is 1. The molecule has 2 heterocycles. The van der Waals surface area contributed by atoms with Crippen LogP contribution in [-0.4, -0.2) is 58.5 Å². The number of urea groups is 1. The molecule has 1 fully saturated rings. The normalized spacial score (nSPS) is 14.9. The summed E-state index contributed by atoms with van der Waals surface area (Å²) in [4.78, 5) is 19.1. The van der Waals surface area contributed by atoms with Gasteiger partial charge in [0.25, 0.3) is 6.01 Å². The summed E-state index contributed by atoms with van der Waals surface area (Å²) in [5.74, 6) is 0.808. The van der Waals surface area contributed by atoms with E-state index in [1.165, 1.54) is 5.56 Å². The van der Waals surface area contributed by atoms with E-state index in [0.717, 1.165) is 29.6 Å². The maximum absolute atomic E-state index is 12.8. The van der Waals surface area contributed by atoms with Crippen LogP contribution < -0.4 is 15.4 Å². The SMILES string of the molecule is O=C(Nc1ccc(OCC(O)CO)cc1Cl)N1CCC(c2ccc(Nc3nc4ccccc4o3)cc2)CC1. The number of anilines is 3. The van der Waals surface area contributed by atoms with E-state index in [4.69, 9.17) is 25.9 Å². The van der Waals surface area contributed by atoms with E-state index in [9.17, 15) is 9.90 Å². The van der Waals surface area contributed by atoms with E-state index < -0.39 is 6.10 Å². The lowest BCUT2D eigenvalue weighted by molar-refractivity contribution is 0.0536. The molecule has 0 aliphatic carbocycles. The Labute approximate surface area is 225 Å². The number of aliphatic hydroxyl groups excluding tert-OH is 2. The molecule has 0 saturated carbocycles. The maximum Gasteiger partial charge on any atom is 0.321 e. The fourth-order valence-electron chi connectivity index (χ4n) is 4.43. The minimum Gasteiger partial charge on any atom is -0.491 e. The van der Waals surface area contributed by atoms with Crippen LogP contribution in [0.2, 0.25) is 5.02 Å². The van der Waals surface area contributed by atoms with E-state index in [1.807, 2.05) is 36.4 Å². The monoisotopic (exact) mass is 536 g/mol. The number of aromatic nitrogens is 1. The van der Waals surface area contributed by atoms with Gasteiger partial charge >= 0.3 is 6.03 Å². The first kappa shape index (κ1) is 25.8. The number of nitrogens with one attached hydrogen (secondary N) is 2. The third kappa shape index (κ3) is 6.19. The third-order valence-corrected chi connectivity index (χ3v) is 6.86. The number of ether oxygens (including phenoxy) is 1. The molecule has 5 rings (SSSR count). The molecule has 9 nitrogen and oxygen atoms in total. The van der Waals surface area contributed by atoms with Gasteiger partial charge in [-0.05, 0) is 60.7 Å². The zero-order valence-electron chi connectivity index (χ0n) is 20.6. The van der Waals surface area contributed by atoms with E-state index in [1.54, 1.807) is 23.1 Å². The summed E-state index contributed by atoms with van der Waals surface area (Å²) in [6.07, 6.45) is 0.753. The standard InChI is InChI=1S/C28H29ClN4O5/c29-23-15-22(37-17-21(35)16-34)9-10-24(23)32-28(36)33-13-11-19(12-14-33)18-5-7-20(8-6-18)30-27-31-25-3-1-2-4-26(25)38-27/h1-10,15,19,21,34-35H,11-14,16-17H2,(H,30,31)(H,32,36). The summed E-state index contributed by atoms with van der Waals surface area (Å²) in [6.45, 7) is 0.835.